The van der Waals surface area contributed by atoms with E-state index in [0.29, 0.717) is 0 Å². The largest absolute Gasteiger partial charge is 0.341 e. The highest BCUT2D eigenvalue weighted by atomic mass is 35.5. The highest BCUT2D eigenvalue weighted by Crippen LogP contribution is 2.24. The summed E-state index contributed by atoms with van der Waals surface area (Å²) in [5.41, 5.74) is -0.111. The van der Waals surface area contributed by atoms with Gasteiger partial charge in [0.25, 0.3) is 11.6 Å². The van der Waals surface area contributed by atoms with E-state index >= 15 is 0 Å². The van der Waals surface area contributed by atoms with E-state index in [-0.39, 0.29) is 22.8 Å². The fourth-order valence-corrected chi connectivity index (χ4v) is 1.30. The highest BCUT2D eigenvalue weighted by molar-refractivity contribution is 6.32. The number of nitro benzene ring substituents is 1. The van der Waals surface area contributed by atoms with E-state index in [1.165, 1.54) is 12.1 Å². The Morgan fingerprint density at radius 3 is 2.88 bits per heavy atom. The van der Waals surface area contributed by atoms with E-state index in [9.17, 15) is 14.9 Å². The van der Waals surface area contributed by atoms with Gasteiger partial charge in [0.15, 0.2) is 0 Å². The van der Waals surface area contributed by atoms with Crippen molar-refractivity contribution < 1.29 is 9.72 Å². The van der Waals surface area contributed by atoms with Crippen LogP contribution >= 0.6 is 11.6 Å². The lowest BCUT2D eigenvalue weighted by molar-refractivity contribution is -0.384. The lowest BCUT2D eigenvalue weighted by Crippen LogP contribution is -2.23. The predicted octanol–water partition coefficient (Wildman–Crippen LogP) is 2.00. The van der Waals surface area contributed by atoms with Crippen molar-refractivity contribution in [2.45, 2.75) is 6.92 Å². The summed E-state index contributed by atoms with van der Waals surface area (Å²) < 4.78 is 0. The topological polar surface area (TPSA) is 72.2 Å². The first-order chi connectivity index (χ1) is 8.06. The minimum absolute atomic E-state index is 0.0000927. The third-order valence-electron chi connectivity index (χ3n) is 1.92. The molecule has 0 aliphatic heterocycles. The van der Waals surface area contributed by atoms with Crippen LogP contribution in [0.15, 0.2) is 18.2 Å². The summed E-state index contributed by atoms with van der Waals surface area (Å²) in [4.78, 5) is 21.6. The van der Waals surface area contributed by atoms with Crippen molar-refractivity contribution in [2.24, 2.45) is 0 Å². The Balaban J connectivity index is 2.90. The van der Waals surface area contributed by atoms with Crippen LogP contribution in [-0.2, 0) is 0 Å². The number of carbonyl (C=O) groups excluding carboxylic acids is 1. The number of rotatable bonds is 3. The third-order valence-corrected chi connectivity index (χ3v) is 2.24. The van der Waals surface area contributed by atoms with E-state index in [1.807, 2.05) is 0 Å². The number of benzene rings is 1. The Morgan fingerprint density at radius 2 is 2.29 bits per heavy atom. The summed E-state index contributed by atoms with van der Waals surface area (Å²) in [6.45, 7) is 1.85. The van der Waals surface area contributed by atoms with Crippen molar-refractivity contribution >= 4 is 23.2 Å². The summed E-state index contributed by atoms with van der Waals surface area (Å²) in [6.07, 6.45) is 0. The van der Waals surface area contributed by atoms with E-state index < -0.39 is 10.8 Å². The quantitative estimate of drug-likeness (QED) is 0.508. The molecule has 0 saturated carbocycles. The molecule has 88 valence electrons. The Bertz CT molecular complexity index is 517. The fourth-order valence-electron chi connectivity index (χ4n) is 1.11. The number of carbonyl (C=O) groups is 1. The van der Waals surface area contributed by atoms with Gasteiger partial charge in [-0.05, 0) is 19.1 Å². The van der Waals surface area contributed by atoms with Gasteiger partial charge in [0, 0.05) is 11.6 Å². The van der Waals surface area contributed by atoms with Crippen LogP contribution in [0.2, 0.25) is 5.02 Å². The van der Waals surface area contributed by atoms with Gasteiger partial charge < -0.3 is 5.32 Å². The maximum atomic E-state index is 11.6. The van der Waals surface area contributed by atoms with Crippen molar-refractivity contribution in [1.82, 2.24) is 5.32 Å². The van der Waals surface area contributed by atoms with Gasteiger partial charge in [-0.15, -0.1) is 5.92 Å². The summed E-state index contributed by atoms with van der Waals surface area (Å²) in [5, 5.41) is 13.1. The van der Waals surface area contributed by atoms with Crippen LogP contribution in [0.5, 0.6) is 0 Å². The van der Waals surface area contributed by atoms with Crippen molar-refractivity contribution in [3.63, 3.8) is 0 Å². The molecule has 1 rings (SSSR count). The molecule has 1 aromatic carbocycles. The summed E-state index contributed by atoms with van der Waals surface area (Å²) in [7, 11) is 0. The molecular weight excluding hydrogens is 244 g/mol. The van der Waals surface area contributed by atoms with Gasteiger partial charge >= 0.3 is 0 Å². The molecule has 0 aliphatic carbocycles. The summed E-state index contributed by atoms with van der Waals surface area (Å²) in [6, 6.07) is 3.88. The molecule has 0 saturated heterocycles. The van der Waals surface area contributed by atoms with Crippen molar-refractivity contribution in [2.75, 3.05) is 6.54 Å². The van der Waals surface area contributed by atoms with Crippen molar-refractivity contribution in [3.05, 3.63) is 38.9 Å². The van der Waals surface area contributed by atoms with Gasteiger partial charge in [-0.25, -0.2) is 0 Å². The van der Waals surface area contributed by atoms with E-state index in [2.05, 4.69) is 17.2 Å². The number of nitro groups is 1. The van der Waals surface area contributed by atoms with Crippen LogP contribution in [-0.4, -0.2) is 17.4 Å². The zero-order valence-electron chi connectivity index (χ0n) is 8.99. The van der Waals surface area contributed by atoms with Crippen LogP contribution in [0.4, 0.5) is 5.69 Å². The average molecular weight is 253 g/mol. The number of nitrogens with one attached hydrogen (secondary N) is 1. The van der Waals surface area contributed by atoms with E-state index in [1.54, 1.807) is 6.92 Å². The third kappa shape index (κ3) is 3.47. The Morgan fingerprint density at radius 1 is 1.59 bits per heavy atom. The van der Waals surface area contributed by atoms with E-state index in [0.717, 1.165) is 6.07 Å². The smallest absolute Gasteiger partial charge is 0.288 e. The molecule has 0 heterocycles. The molecule has 1 amide bonds. The first-order valence-electron chi connectivity index (χ1n) is 4.68. The molecule has 1 aromatic rings. The second-order valence-electron chi connectivity index (χ2n) is 3.03. The average Bonchev–Trinajstić information content (AvgIpc) is 2.29. The number of amides is 1. The molecular formula is C11H9ClN2O3. The Labute approximate surface area is 103 Å². The standard InChI is InChI=1S/C11H9ClN2O3/c1-2-3-6-13-11(15)8-4-5-9(12)10(7-8)14(16)17/h4-5,7H,6H2,1H3,(H,13,15). The lowest BCUT2D eigenvalue weighted by atomic mass is 10.2. The van der Waals surface area contributed by atoms with Gasteiger partial charge in [-0.3, -0.25) is 14.9 Å². The summed E-state index contributed by atoms with van der Waals surface area (Å²) in [5.74, 6) is 4.85. The molecule has 0 spiro atoms. The fraction of sp³-hybridized carbons (Fsp3) is 0.182. The van der Waals surface area contributed by atoms with Crippen LogP contribution in [0.1, 0.15) is 17.3 Å². The normalized spacial score (nSPS) is 9.06. The minimum Gasteiger partial charge on any atom is -0.341 e. The van der Waals surface area contributed by atoms with Gasteiger partial charge in [-0.1, -0.05) is 17.5 Å². The maximum Gasteiger partial charge on any atom is 0.288 e. The zero-order valence-corrected chi connectivity index (χ0v) is 9.75. The minimum atomic E-state index is -0.634. The molecule has 17 heavy (non-hydrogen) atoms. The van der Waals surface area contributed by atoms with Crippen LogP contribution < -0.4 is 5.32 Å². The lowest BCUT2D eigenvalue weighted by Gasteiger charge is -2.02. The van der Waals surface area contributed by atoms with Gasteiger partial charge in [-0.2, -0.15) is 0 Å². The Kier molecular flexibility index (Phi) is 4.49. The SMILES string of the molecule is CC#CCNC(=O)c1ccc(Cl)c([N+](=O)[O-])c1. The molecule has 1 N–H and O–H groups in total. The van der Waals surface area contributed by atoms with Gasteiger partial charge in [0.1, 0.15) is 5.02 Å². The first-order valence-corrected chi connectivity index (χ1v) is 5.05. The summed E-state index contributed by atoms with van der Waals surface area (Å²) >= 11 is 5.63. The van der Waals surface area contributed by atoms with Crippen LogP contribution in [0.25, 0.3) is 0 Å². The Hall–Kier alpha value is -2.06. The van der Waals surface area contributed by atoms with Gasteiger partial charge in [0.2, 0.25) is 0 Å². The second-order valence-corrected chi connectivity index (χ2v) is 3.44. The number of nitrogens with zero attached hydrogens (tertiary/aromatic N) is 1. The molecule has 0 radical (unpaired) electrons. The number of hydrogen-bond acceptors (Lipinski definition) is 3. The van der Waals surface area contributed by atoms with Crippen molar-refractivity contribution in [3.8, 4) is 11.8 Å². The predicted molar refractivity (Wildman–Crippen MR) is 63.9 cm³/mol. The first kappa shape index (κ1) is 13.0. The molecule has 0 aliphatic rings. The molecule has 0 unspecified atom stereocenters. The zero-order chi connectivity index (χ0) is 12.8. The van der Waals surface area contributed by atoms with E-state index in [4.69, 9.17) is 11.6 Å². The highest BCUT2D eigenvalue weighted by Gasteiger charge is 2.15. The molecule has 0 aromatic heterocycles. The van der Waals surface area contributed by atoms with Crippen LogP contribution in [0, 0.1) is 22.0 Å². The molecule has 6 heteroatoms. The van der Waals surface area contributed by atoms with Gasteiger partial charge in [0.05, 0.1) is 11.5 Å². The molecule has 0 atom stereocenters. The molecule has 0 bridgehead atoms. The molecule has 5 nitrogen and oxygen atoms in total. The maximum absolute atomic E-state index is 11.6. The molecule has 0 fully saturated rings. The number of hydrogen-bond donors (Lipinski definition) is 1. The second kappa shape index (κ2) is 5.87. The number of halogens is 1. The monoisotopic (exact) mass is 252 g/mol. The van der Waals surface area contributed by atoms with Crippen LogP contribution in [0.3, 0.4) is 0 Å². The van der Waals surface area contributed by atoms with Crippen molar-refractivity contribution in [1.29, 1.82) is 0 Å².